The molecule has 0 amide bonds. The molecule has 99 valence electrons. The molecule has 0 atom stereocenters. The molecule has 0 aliphatic carbocycles. The van der Waals surface area contributed by atoms with Gasteiger partial charge in [-0.05, 0) is 16.7 Å². The third-order valence-corrected chi connectivity index (χ3v) is 3.69. The van der Waals surface area contributed by atoms with Gasteiger partial charge in [0.25, 0.3) is 0 Å². The van der Waals surface area contributed by atoms with Gasteiger partial charge in [0.1, 0.15) is 0 Å². The van der Waals surface area contributed by atoms with Gasteiger partial charge >= 0.3 is 0 Å². The molecule has 0 aromatic heterocycles. The summed E-state index contributed by atoms with van der Waals surface area (Å²) in [7, 11) is 0. The molecular weight excluding hydrogens is 265 g/mol. The average molecular weight is 282 g/mol. The van der Waals surface area contributed by atoms with Gasteiger partial charge in [0.05, 0.1) is 5.54 Å². The van der Waals surface area contributed by atoms with Crippen LogP contribution in [-0.4, -0.2) is 29.6 Å². The van der Waals surface area contributed by atoms with Crippen molar-refractivity contribution < 1.29 is 0 Å². The summed E-state index contributed by atoms with van der Waals surface area (Å²) in [6, 6.07) is 30.7. The van der Waals surface area contributed by atoms with Crippen molar-refractivity contribution in [1.82, 2.24) is 0 Å². The molecule has 3 aromatic carbocycles. The number of rotatable bonds is 3. The SMILES string of the molecule is NC(c1ccccc1)(c1ccccc1)c1ccccc1.[Na]. The summed E-state index contributed by atoms with van der Waals surface area (Å²) in [5.41, 5.74) is 9.53. The summed E-state index contributed by atoms with van der Waals surface area (Å²) in [4.78, 5) is 0. The van der Waals surface area contributed by atoms with E-state index in [0.717, 1.165) is 16.7 Å². The molecule has 0 fully saturated rings. The minimum atomic E-state index is -0.621. The van der Waals surface area contributed by atoms with E-state index in [0.29, 0.717) is 0 Å². The zero-order valence-corrected chi connectivity index (χ0v) is 14.2. The zero-order valence-electron chi connectivity index (χ0n) is 12.2. The molecule has 0 aliphatic rings. The van der Waals surface area contributed by atoms with E-state index in [9.17, 15) is 0 Å². The molecule has 21 heavy (non-hydrogen) atoms. The van der Waals surface area contributed by atoms with Crippen LogP contribution in [0.2, 0.25) is 0 Å². The van der Waals surface area contributed by atoms with Gasteiger partial charge in [0.15, 0.2) is 0 Å². The Bertz CT molecular complexity index is 569. The van der Waals surface area contributed by atoms with Crippen molar-refractivity contribution in [3.05, 3.63) is 108 Å². The first-order chi connectivity index (χ1) is 9.82. The third-order valence-electron chi connectivity index (χ3n) is 3.69. The van der Waals surface area contributed by atoms with Gasteiger partial charge in [-0.25, -0.2) is 0 Å². The number of benzene rings is 3. The van der Waals surface area contributed by atoms with Gasteiger partial charge in [-0.1, -0.05) is 91.0 Å². The first-order valence-corrected chi connectivity index (χ1v) is 6.77. The normalized spacial score (nSPS) is 10.7. The van der Waals surface area contributed by atoms with Crippen molar-refractivity contribution in [2.75, 3.05) is 0 Å². The van der Waals surface area contributed by atoms with Crippen LogP contribution in [-0.2, 0) is 5.54 Å². The van der Waals surface area contributed by atoms with Gasteiger partial charge in [-0.15, -0.1) is 0 Å². The summed E-state index contributed by atoms with van der Waals surface area (Å²) in [6.45, 7) is 0. The molecule has 0 saturated carbocycles. The minimum absolute atomic E-state index is 0. The van der Waals surface area contributed by atoms with E-state index in [1.54, 1.807) is 0 Å². The topological polar surface area (TPSA) is 26.0 Å². The second kappa shape index (κ2) is 7.06. The molecule has 0 aliphatic heterocycles. The van der Waals surface area contributed by atoms with Crippen LogP contribution in [0.25, 0.3) is 0 Å². The fourth-order valence-electron chi connectivity index (χ4n) is 2.60. The minimum Gasteiger partial charge on any atom is -0.314 e. The number of hydrogen-bond acceptors (Lipinski definition) is 1. The second-order valence-electron chi connectivity index (χ2n) is 4.91. The molecule has 3 aromatic rings. The van der Waals surface area contributed by atoms with Gasteiger partial charge < -0.3 is 5.73 Å². The van der Waals surface area contributed by atoms with Crippen LogP contribution in [0.3, 0.4) is 0 Å². The van der Waals surface area contributed by atoms with Crippen molar-refractivity contribution in [2.24, 2.45) is 5.73 Å². The average Bonchev–Trinajstić information content (AvgIpc) is 2.56. The molecule has 2 heteroatoms. The Kier molecular flexibility index (Phi) is 5.38. The molecule has 1 nitrogen and oxygen atoms in total. The van der Waals surface area contributed by atoms with E-state index in [-0.39, 0.29) is 29.6 Å². The van der Waals surface area contributed by atoms with Gasteiger partial charge in [0.2, 0.25) is 0 Å². The van der Waals surface area contributed by atoms with E-state index in [4.69, 9.17) is 5.73 Å². The van der Waals surface area contributed by atoms with Crippen LogP contribution in [0.15, 0.2) is 91.0 Å². The summed E-state index contributed by atoms with van der Waals surface area (Å²) < 4.78 is 0. The fraction of sp³-hybridized carbons (Fsp3) is 0.0526. The van der Waals surface area contributed by atoms with Crippen molar-refractivity contribution in [3.8, 4) is 0 Å². The second-order valence-corrected chi connectivity index (χ2v) is 4.91. The Balaban J connectivity index is 0.00000161. The van der Waals surface area contributed by atoms with Crippen LogP contribution in [0.1, 0.15) is 16.7 Å². The summed E-state index contributed by atoms with van der Waals surface area (Å²) >= 11 is 0. The number of nitrogens with two attached hydrogens (primary N) is 1. The third kappa shape index (κ3) is 3.12. The molecule has 0 heterocycles. The molecule has 2 N–H and O–H groups in total. The van der Waals surface area contributed by atoms with Crippen molar-refractivity contribution in [3.63, 3.8) is 0 Å². The van der Waals surface area contributed by atoms with Crippen LogP contribution < -0.4 is 5.73 Å². The first kappa shape index (κ1) is 16.0. The maximum Gasteiger partial charge on any atom is 0.0922 e. The summed E-state index contributed by atoms with van der Waals surface area (Å²) in [6.07, 6.45) is 0. The van der Waals surface area contributed by atoms with E-state index < -0.39 is 5.54 Å². The zero-order chi connectivity index (χ0) is 13.8. The van der Waals surface area contributed by atoms with Crippen molar-refractivity contribution in [1.29, 1.82) is 0 Å². The van der Waals surface area contributed by atoms with E-state index in [1.165, 1.54) is 0 Å². The van der Waals surface area contributed by atoms with E-state index in [1.807, 2.05) is 54.6 Å². The Morgan fingerprint density at radius 1 is 0.476 bits per heavy atom. The Morgan fingerprint density at radius 2 is 0.714 bits per heavy atom. The van der Waals surface area contributed by atoms with Crippen molar-refractivity contribution >= 4 is 29.6 Å². The van der Waals surface area contributed by atoms with E-state index in [2.05, 4.69) is 36.4 Å². The maximum absolute atomic E-state index is 6.86. The molecule has 0 spiro atoms. The fourth-order valence-corrected chi connectivity index (χ4v) is 2.60. The molecule has 3 rings (SSSR count). The van der Waals surface area contributed by atoms with E-state index >= 15 is 0 Å². The largest absolute Gasteiger partial charge is 0.314 e. The molecule has 0 bridgehead atoms. The molecule has 1 radical (unpaired) electrons. The maximum atomic E-state index is 6.86. The standard InChI is InChI=1S/C19H17N.Na/c20-19(16-10-4-1-5-11-16,17-12-6-2-7-13-17)18-14-8-3-9-15-18;/h1-15H,20H2;. The van der Waals surface area contributed by atoms with Crippen molar-refractivity contribution in [2.45, 2.75) is 5.54 Å². The molecule has 0 saturated heterocycles. The van der Waals surface area contributed by atoms with Crippen LogP contribution in [0, 0.1) is 0 Å². The van der Waals surface area contributed by atoms with Crippen LogP contribution in [0.4, 0.5) is 0 Å². The van der Waals surface area contributed by atoms with Gasteiger partial charge in [-0.2, -0.15) is 0 Å². The van der Waals surface area contributed by atoms with Gasteiger partial charge in [0, 0.05) is 29.6 Å². The number of hydrogen-bond donors (Lipinski definition) is 1. The Morgan fingerprint density at radius 3 is 0.952 bits per heavy atom. The molecular formula is C19H17NNa. The summed E-state index contributed by atoms with van der Waals surface area (Å²) in [5.74, 6) is 0. The van der Waals surface area contributed by atoms with Gasteiger partial charge in [-0.3, -0.25) is 0 Å². The quantitative estimate of drug-likeness (QED) is 0.577. The first-order valence-electron chi connectivity index (χ1n) is 6.77. The molecule has 0 unspecified atom stereocenters. The Hall–Kier alpha value is -1.38. The Labute approximate surface area is 148 Å². The van der Waals surface area contributed by atoms with Crippen LogP contribution >= 0.6 is 0 Å². The monoisotopic (exact) mass is 282 g/mol. The summed E-state index contributed by atoms with van der Waals surface area (Å²) in [5, 5.41) is 0. The van der Waals surface area contributed by atoms with Crippen LogP contribution in [0.5, 0.6) is 0 Å². The predicted molar refractivity (Wildman–Crippen MR) is 89.1 cm³/mol. The smallest absolute Gasteiger partial charge is 0.0922 e. The predicted octanol–water partition coefficient (Wildman–Crippen LogP) is 3.56.